The Labute approximate surface area is 95.8 Å². The summed E-state index contributed by atoms with van der Waals surface area (Å²) in [5.41, 5.74) is 5.62. The molecule has 1 heterocycles. The summed E-state index contributed by atoms with van der Waals surface area (Å²) >= 11 is 0. The average molecular weight is 209 g/mol. The van der Waals surface area contributed by atoms with Crippen LogP contribution < -0.4 is 10.6 Å². The summed E-state index contributed by atoms with van der Waals surface area (Å²) in [6.07, 6.45) is 7.08. The van der Waals surface area contributed by atoms with Crippen LogP contribution in [0.25, 0.3) is 5.73 Å². The van der Waals surface area contributed by atoms with Gasteiger partial charge in [0, 0.05) is 5.22 Å². The first-order chi connectivity index (χ1) is 7.81. The number of para-hydroxylation sites is 1. The van der Waals surface area contributed by atoms with Crippen molar-refractivity contribution < 1.29 is 0 Å². The van der Waals surface area contributed by atoms with Crippen LogP contribution in [0.5, 0.6) is 0 Å². The Morgan fingerprint density at radius 1 is 1.31 bits per heavy atom. The second-order valence-corrected chi connectivity index (χ2v) is 3.85. The Kier molecular flexibility index (Phi) is 3.19. The highest BCUT2D eigenvalue weighted by Crippen LogP contribution is 2.11. The van der Waals surface area contributed by atoms with Gasteiger partial charge in [0.2, 0.25) is 0 Å². The third-order valence-electron chi connectivity index (χ3n) is 2.57. The van der Waals surface area contributed by atoms with E-state index in [1.807, 2.05) is 37.3 Å². The molecule has 0 N–H and O–H groups in total. The lowest BCUT2D eigenvalue weighted by Gasteiger charge is -2.02. The number of nitrogens with zero attached hydrogens (tertiary/aromatic N) is 1. The zero-order chi connectivity index (χ0) is 11.4. The number of benzene rings is 1. The van der Waals surface area contributed by atoms with E-state index >= 15 is 0 Å². The lowest BCUT2D eigenvalue weighted by Crippen LogP contribution is -2.23. The Morgan fingerprint density at radius 2 is 2.12 bits per heavy atom. The number of allylic oxidation sites excluding steroid dienone is 4. The standard InChI is InChI=1S/C15H15N/c1-3-7-14-12(2)8-6-10-13-9-4-5-11-15(13)16-14/h3-7,9,11H,8H2,1-2H3. The van der Waals surface area contributed by atoms with Gasteiger partial charge in [-0.3, -0.25) is 0 Å². The molecule has 0 aliphatic carbocycles. The SMILES string of the molecule is CC=CC1=C(C)CC=C=c2ccccc2=N1. The third-order valence-corrected chi connectivity index (χ3v) is 2.57. The second-order valence-electron chi connectivity index (χ2n) is 3.85. The number of rotatable bonds is 1. The van der Waals surface area contributed by atoms with Gasteiger partial charge in [0.05, 0.1) is 11.1 Å². The fraction of sp³-hybridized carbons (Fsp3) is 0.200. The van der Waals surface area contributed by atoms with Crippen LogP contribution in [0.2, 0.25) is 0 Å². The second kappa shape index (κ2) is 4.78. The maximum Gasteiger partial charge on any atom is 0.0786 e. The van der Waals surface area contributed by atoms with Gasteiger partial charge in [-0.15, -0.1) is 5.73 Å². The lowest BCUT2D eigenvalue weighted by molar-refractivity contribution is 1.11. The Bertz CT molecular complexity index is 597. The summed E-state index contributed by atoms with van der Waals surface area (Å²) < 4.78 is 0. The molecule has 80 valence electrons. The molecule has 1 aliphatic heterocycles. The van der Waals surface area contributed by atoms with Gasteiger partial charge in [-0.25, -0.2) is 4.99 Å². The van der Waals surface area contributed by atoms with Gasteiger partial charge < -0.3 is 0 Å². The predicted octanol–water partition coefficient (Wildman–Crippen LogP) is 2.50. The smallest absolute Gasteiger partial charge is 0.0786 e. The van der Waals surface area contributed by atoms with Gasteiger partial charge in [0.15, 0.2) is 0 Å². The maximum atomic E-state index is 4.68. The summed E-state index contributed by atoms with van der Waals surface area (Å²) in [5, 5.41) is 2.06. The fourth-order valence-electron chi connectivity index (χ4n) is 1.67. The third kappa shape index (κ3) is 2.21. The monoisotopic (exact) mass is 209 g/mol. The molecule has 0 saturated carbocycles. The van der Waals surface area contributed by atoms with Crippen LogP contribution in [0.15, 0.2) is 58.8 Å². The van der Waals surface area contributed by atoms with E-state index < -0.39 is 0 Å². The van der Waals surface area contributed by atoms with Crippen LogP contribution in [0, 0.1) is 0 Å². The minimum atomic E-state index is 0.914. The molecule has 0 saturated heterocycles. The molecule has 0 bridgehead atoms. The zero-order valence-electron chi connectivity index (χ0n) is 9.70. The first kappa shape index (κ1) is 10.7. The highest BCUT2D eigenvalue weighted by atomic mass is 14.7. The molecule has 0 atom stereocenters. The van der Waals surface area contributed by atoms with Crippen LogP contribution in [-0.2, 0) is 0 Å². The van der Waals surface area contributed by atoms with Crippen molar-refractivity contribution in [3.05, 3.63) is 64.3 Å². The molecule has 1 heteroatoms. The van der Waals surface area contributed by atoms with Crippen LogP contribution in [0.4, 0.5) is 0 Å². The lowest BCUT2D eigenvalue weighted by atomic mass is 10.1. The molecule has 1 aromatic carbocycles. The van der Waals surface area contributed by atoms with Crippen molar-refractivity contribution in [2.75, 3.05) is 0 Å². The first-order valence-electron chi connectivity index (χ1n) is 5.52. The van der Waals surface area contributed by atoms with Gasteiger partial charge in [0.25, 0.3) is 0 Å². The Hall–Kier alpha value is -1.85. The van der Waals surface area contributed by atoms with E-state index in [9.17, 15) is 0 Å². The minimum Gasteiger partial charge on any atom is -0.248 e. The van der Waals surface area contributed by atoms with E-state index in [0.29, 0.717) is 0 Å². The first-order valence-corrected chi connectivity index (χ1v) is 5.52. The molecule has 0 spiro atoms. The van der Waals surface area contributed by atoms with Crippen LogP contribution >= 0.6 is 0 Å². The summed E-state index contributed by atoms with van der Waals surface area (Å²) in [6.45, 7) is 4.13. The average Bonchev–Trinajstić information content (AvgIpc) is 2.28. The highest BCUT2D eigenvalue weighted by molar-refractivity contribution is 5.31. The van der Waals surface area contributed by atoms with E-state index in [0.717, 1.165) is 22.7 Å². The molecule has 0 unspecified atom stereocenters. The summed E-state index contributed by atoms with van der Waals surface area (Å²) in [5.74, 6) is 0. The molecule has 0 radical (unpaired) electrons. The van der Waals surface area contributed by atoms with Crippen molar-refractivity contribution in [3.63, 3.8) is 0 Å². The summed E-state index contributed by atoms with van der Waals surface area (Å²) in [6, 6.07) is 8.10. The van der Waals surface area contributed by atoms with Crippen molar-refractivity contribution in [3.8, 4) is 0 Å². The van der Waals surface area contributed by atoms with E-state index in [1.165, 1.54) is 5.57 Å². The van der Waals surface area contributed by atoms with E-state index in [-0.39, 0.29) is 0 Å². The molecule has 2 rings (SSSR count). The molecule has 0 fully saturated rings. The zero-order valence-corrected chi connectivity index (χ0v) is 9.70. The minimum absolute atomic E-state index is 0.914. The number of hydrogen-bond donors (Lipinski definition) is 0. The van der Waals surface area contributed by atoms with Crippen molar-refractivity contribution in [1.29, 1.82) is 0 Å². The number of fused-ring (bicyclic) bond motifs is 1. The molecular formula is C15H15N. The van der Waals surface area contributed by atoms with Gasteiger partial charge >= 0.3 is 0 Å². The molecule has 16 heavy (non-hydrogen) atoms. The largest absolute Gasteiger partial charge is 0.248 e. The molecular weight excluding hydrogens is 194 g/mol. The quantitative estimate of drug-likeness (QED) is 0.674. The summed E-state index contributed by atoms with van der Waals surface area (Å²) in [7, 11) is 0. The van der Waals surface area contributed by atoms with Crippen molar-refractivity contribution in [1.82, 2.24) is 0 Å². The van der Waals surface area contributed by atoms with E-state index in [4.69, 9.17) is 0 Å². The molecule has 1 nitrogen and oxygen atoms in total. The van der Waals surface area contributed by atoms with Gasteiger partial charge in [-0.1, -0.05) is 18.2 Å². The van der Waals surface area contributed by atoms with Gasteiger partial charge in [-0.2, -0.15) is 0 Å². The van der Waals surface area contributed by atoms with E-state index in [1.54, 1.807) is 0 Å². The normalized spacial score (nSPS) is 15.1. The Balaban J connectivity index is 2.75. The van der Waals surface area contributed by atoms with Gasteiger partial charge in [0.1, 0.15) is 0 Å². The van der Waals surface area contributed by atoms with Crippen molar-refractivity contribution >= 4 is 5.73 Å². The van der Waals surface area contributed by atoms with Gasteiger partial charge in [-0.05, 0) is 50.1 Å². The van der Waals surface area contributed by atoms with Crippen LogP contribution in [0.1, 0.15) is 20.3 Å². The van der Waals surface area contributed by atoms with Crippen LogP contribution in [-0.4, -0.2) is 0 Å². The molecule has 1 aliphatic rings. The molecule has 1 aromatic rings. The Morgan fingerprint density at radius 3 is 2.94 bits per heavy atom. The summed E-state index contributed by atoms with van der Waals surface area (Å²) in [4.78, 5) is 4.68. The fourth-order valence-corrected chi connectivity index (χ4v) is 1.67. The number of hydrogen-bond acceptors (Lipinski definition) is 1. The highest BCUT2D eigenvalue weighted by Gasteiger charge is 1.98. The molecule has 0 amide bonds. The predicted molar refractivity (Wildman–Crippen MR) is 67.3 cm³/mol. The van der Waals surface area contributed by atoms with Crippen molar-refractivity contribution in [2.24, 2.45) is 4.99 Å². The van der Waals surface area contributed by atoms with Crippen LogP contribution in [0.3, 0.4) is 0 Å². The topological polar surface area (TPSA) is 12.4 Å². The molecule has 0 aromatic heterocycles. The maximum absolute atomic E-state index is 4.68. The van der Waals surface area contributed by atoms with Crippen molar-refractivity contribution in [2.45, 2.75) is 20.3 Å². The van der Waals surface area contributed by atoms with E-state index in [2.05, 4.69) is 29.8 Å².